The molecule has 0 fully saturated rings. The van der Waals surface area contributed by atoms with Gasteiger partial charge in [-0.05, 0) is 44.0 Å². The Kier molecular flexibility index (Phi) is 6.90. The minimum Gasteiger partial charge on any atom is -0.496 e. The van der Waals surface area contributed by atoms with Crippen molar-refractivity contribution in [2.24, 2.45) is 0 Å². The van der Waals surface area contributed by atoms with Crippen LogP contribution in [0.25, 0.3) is 17.1 Å². The van der Waals surface area contributed by atoms with Crippen LogP contribution in [0.1, 0.15) is 24.8 Å². The lowest BCUT2D eigenvalue weighted by molar-refractivity contribution is 0.284. The molecule has 0 unspecified atom stereocenters. The van der Waals surface area contributed by atoms with Crippen molar-refractivity contribution in [1.82, 2.24) is 14.8 Å². The Bertz CT molecular complexity index is 862. The maximum Gasteiger partial charge on any atom is 0.196 e. The molecule has 3 aromatic rings. The maximum atomic E-state index is 8.93. The summed E-state index contributed by atoms with van der Waals surface area (Å²) in [5, 5.41) is 18.7. The molecular formula is C21H25N3O2S. The highest BCUT2D eigenvalue weighted by Crippen LogP contribution is 2.33. The van der Waals surface area contributed by atoms with Gasteiger partial charge in [0.15, 0.2) is 11.0 Å². The predicted octanol–water partition coefficient (Wildman–Crippen LogP) is 4.51. The number of aliphatic hydroxyl groups is 1. The van der Waals surface area contributed by atoms with Gasteiger partial charge < -0.3 is 9.84 Å². The van der Waals surface area contributed by atoms with E-state index in [1.807, 2.05) is 24.3 Å². The van der Waals surface area contributed by atoms with Crippen LogP contribution in [0.3, 0.4) is 0 Å². The number of ether oxygens (including phenoxy) is 1. The molecule has 2 aromatic carbocycles. The summed E-state index contributed by atoms with van der Waals surface area (Å²) >= 11 is 1.69. The highest BCUT2D eigenvalue weighted by atomic mass is 32.2. The summed E-state index contributed by atoms with van der Waals surface area (Å²) in [6.45, 7) is 2.33. The fraction of sp³-hybridized carbons (Fsp3) is 0.333. The highest BCUT2D eigenvalue weighted by molar-refractivity contribution is 7.99. The third-order valence-electron chi connectivity index (χ3n) is 4.31. The second kappa shape index (κ2) is 9.58. The van der Waals surface area contributed by atoms with Gasteiger partial charge in [0.25, 0.3) is 0 Å². The van der Waals surface area contributed by atoms with E-state index in [4.69, 9.17) is 9.84 Å². The van der Waals surface area contributed by atoms with Crippen molar-refractivity contribution in [3.63, 3.8) is 0 Å². The van der Waals surface area contributed by atoms with Crippen molar-refractivity contribution >= 4 is 11.8 Å². The van der Waals surface area contributed by atoms with Crippen LogP contribution in [0, 0.1) is 6.92 Å². The second-order valence-corrected chi connectivity index (χ2v) is 7.37. The monoisotopic (exact) mass is 383 g/mol. The van der Waals surface area contributed by atoms with Gasteiger partial charge in [0.05, 0.1) is 12.7 Å². The molecule has 0 aliphatic rings. The van der Waals surface area contributed by atoms with Crippen molar-refractivity contribution in [3.05, 3.63) is 54.1 Å². The van der Waals surface area contributed by atoms with Gasteiger partial charge in [0, 0.05) is 18.0 Å². The third-order valence-corrected chi connectivity index (χ3v) is 5.32. The zero-order chi connectivity index (χ0) is 19.1. The molecule has 0 radical (unpaired) electrons. The zero-order valence-corrected chi connectivity index (χ0v) is 16.6. The van der Waals surface area contributed by atoms with Gasteiger partial charge >= 0.3 is 0 Å². The lowest BCUT2D eigenvalue weighted by Crippen LogP contribution is -2.01. The van der Waals surface area contributed by atoms with E-state index in [-0.39, 0.29) is 6.61 Å². The number of hydrogen-bond donors (Lipinski definition) is 1. The van der Waals surface area contributed by atoms with Gasteiger partial charge in [-0.3, -0.25) is 4.57 Å². The summed E-state index contributed by atoms with van der Waals surface area (Å²) in [5.74, 6) is 2.49. The molecule has 0 amide bonds. The van der Waals surface area contributed by atoms with E-state index in [0.717, 1.165) is 53.0 Å². The number of rotatable bonds is 9. The molecule has 0 atom stereocenters. The average Bonchev–Trinajstić information content (AvgIpc) is 3.12. The third kappa shape index (κ3) is 4.70. The molecule has 5 nitrogen and oxygen atoms in total. The predicted molar refractivity (Wildman–Crippen MR) is 110 cm³/mol. The van der Waals surface area contributed by atoms with Crippen molar-refractivity contribution in [1.29, 1.82) is 0 Å². The van der Waals surface area contributed by atoms with Crippen LogP contribution in [0.5, 0.6) is 5.75 Å². The van der Waals surface area contributed by atoms with Gasteiger partial charge in [-0.2, -0.15) is 0 Å². The minimum atomic E-state index is 0.252. The van der Waals surface area contributed by atoms with E-state index in [1.165, 1.54) is 5.56 Å². The molecule has 1 N–H and O–H groups in total. The Morgan fingerprint density at radius 1 is 1.00 bits per heavy atom. The fourth-order valence-corrected chi connectivity index (χ4v) is 3.80. The number of para-hydroxylation sites is 1. The van der Waals surface area contributed by atoms with Gasteiger partial charge in [0.2, 0.25) is 0 Å². The number of aryl methyl sites for hydroxylation is 1. The molecule has 0 aliphatic heterocycles. The molecule has 3 rings (SSSR count). The Labute approximate surface area is 164 Å². The van der Waals surface area contributed by atoms with Crippen molar-refractivity contribution in [2.75, 3.05) is 19.5 Å². The van der Waals surface area contributed by atoms with E-state index in [1.54, 1.807) is 18.9 Å². The van der Waals surface area contributed by atoms with Gasteiger partial charge in [-0.15, -0.1) is 10.2 Å². The van der Waals surface area contributed by atoms with E-state index >= 15 is 0 Å². The van der Waals surface area contributed by atoms with E-state index in [0.29, 0.717) is 0 Å². The normalized spacial score (nSPS) is 10.9. The summed E-state index contributed by atoms with van der Waals surface area (Å²) in [6, 6.07) is 16.2. The molecule has 142 valence electrons. The molecule has 27 heavy (non-hydrogen) atoms. The van der Waals surface area contributed by atoms with E-state index in [2.05, 4.69) is 46.0 Å². The van der Waals surface area contributed by atoms with Crippen LogP contribution in [-0.2, 0) is 0 Å². The highest BCUT2D eigenvalue weighted by Gasteiger charge is 2.18. The Morgan fingerprint density at radius 2 is 1.78 bits per heavy atom. The summed E-state index contributed by atoms with van der Waals surface area (Å²) in [6.07, 6.45) is 2.90. The number of nitrogens with zero attached hydrogens (tertiary/aromatic N) is 3. The van der Waals surface area contributed by atoms with Crippen LogP contribution >= 0.6 is 11.8 Å². The quantitative estimate of drug-likeness (QED) is 0.435. The molecule has 0 aliphatic carbocycles. The van der Waals surface area contributed by atoms with Gasteiger partial charge in [-0.1, -0.05) is 48.0 Å². The molecular weight excluding hydrogens is 358 g/mol. The molecule has 0 saturated carbocycles. The number of aromatic nitrogens is 3. The number of thioether (sulfide) groups is 1. The molecule has 1 heterocycles. The van der Waals surface area contributed by atoms with Crippen LogP contribution in [0.4, 0.5) is 0 Å². The summed E-state index contributed by atoms with van der Waals surface area (Å²) in [4.78, 5) is 0. The fourth-order valence-electron chi connectivity index (χ4n) is 2.85. The number of methoxy groups -OCH3 is 1. The first-order valence-corrected chi connectivity index (χ1v) is 10.1. The molecule has 0 saturated heterocycles. The molecule has 6 heteroatoms. The first-order chi connectivity index (χ1) is 13.2. The lowest BCUT2D eigenvalue weighted by Gasteiger charge is -2.12. The Hall–Kier alpha value is -2.31. The van der Waals surface area contributed by atoms with Crippen LogP contribution in [-0.4, -0.2) is 39.3 Å². The van der Waals surface area contributed by atoms with Crippen molar-refractivity contribution in [2.45, 2.75) is 31.3 Å². The topological polar surface area (TPSA) is 60.2 Å². The number of benzene rings is 2. The van der Waals surface area contributed by atoms with Crippen molar-refractivity contribution < 1.29 is 9.84 Å². The summed E-state index contributed by atoms with van der Waals surface area (Å²) in [5.41, 5.74) is 3.16. The van der Waals surface area contributed by atoms with Crippen molar-refractivity contribution in [3.8, 4) is 22.8 Å². The maximum absolute atomic E-state index is 8.93. The molecule has 0 bridgehead atoms. The van der Waals surface area contributed by atoms with Gasteiger partial charge in [-0.25, -0.2) is 0 Å². The van der Waals surface area contributed by atoms with Gasteiger partial charge in [0.1, 0.15) is 5.75 Å². The number of unbranched alkanes of at least 4 members (excludes halogenated alkanes) is 2. The first kappa shape index (κ1) is 19.5. The van der Waals surface area contributed by atoms with Crippen LogP contribution in [0.15, 0.2) is 53.7 Å². The largest absolute Gasteiger partial charge is 0.496 e. The summed E-state index contributed by atoms with van der Waals surface area (Å²) < 4.78 is 7.62. The smallest absolute Gasteiger partial charge is 0.196 e. The molecule has 1 aromatic heterocycles. The second-order valence-electron chi connectivity index (χ2n) is 6.31. The average molecular weight is 384 g/mol. The summed E-state index contributed by atoms with van der Waals surface area (Å²) in [7, 11) is 1.67. The minimum absolute atomic E-state index is 0.252. The van der Waals surface area contributed by atoms with E-state index < -0.39 is 0 Å². The molecule has 0 spiro atoms. The van der Waals surface area contributed by atoms with E-state index in [9.17, 15) is 0 Å². The zero-order valence-electron chi connectivity index (χ0n) is 15.8. The Balaban J connectivity index is 1.97. The number of hydrogen-bond acceptors (Lipinski definition) is 5. The number of aliphatic hydroxyl groups excluding tert-OH is 1. The first-order valence-electron chi connectivity index (χ1n) is 9.14. The van der Waals surface area contributed by atoms with Crippen LogP contribution in [0.2, 0.25) is 0 Å². The Morgan fingerprint density at radius 3 is 2.52 bits per heavy atom. The standard InChI is InChI=1S/C21H25N3O2S/c1-16-10-12-17(13-11-16)24-20(18-8-4-5-9-19(18)26-2)22-23-21(24)27-15-7-3-6-14-25/h4-5,8-13,25H,3,6-7,14-15H2,1-2H3. The SMILES string of the molecule is COc1ccccc1-c1nnc(SCCCCCO)n1-c1ccc(C)cc1. The lowest BCUT2D eigenvalue weighted by atomic mass is 10.1. The van der Waals surface area contributed by atoms with Crippen LogP contribution < -0.4 is 4.74 Å².